The highest BCUT2D eigenvalue weighted by Crippen LogP contribution is 2.39. The summed E-state index contributed by atoms with van der Waals surface area (Å²) in [5.41, 5.74) is 1.14. The molecular formula is C34H37F2N3O3S. The van der Waals surface area contributed by atoms with Crippen molar-refractivity contribution in [3.63, 3.8) is 0 Å². The van der Waals surface area contributed by atoms with Gasteiger partial charge in [-0.3, -0.25) is 9.69 Å². The number of pyridine rings is 1. The van der Waals surface area contributed by atoms with E-state index in [1.54, 1.807) is 11.5 Å². The highest BCUT2D eigenvalue weighted by Gasteiger charge is 2.29. The molecule has 2 saturated heterocycles. The van der Waals surface area contributed by atoms with Crippen LogP contribution in [0.1, 0.15) is 60.5 Å². The van der Waals surface area contributed by atoms with E-state index in [1.807, 2.05) is 30.3 Å². The summed E-state index contributed by atoms with van der Waals surface area (Å²) in [6.07, 6.45) is 7.41. The number of thiophene rings is 1. The second-order valence-corrected chi connectivity index (χ2v) is 12.5. The molecule has 0 amide bonds. The molecule has 0 aliphatic carbocycles. The van der Waals surface area contributed by atoms with Crippen molar-refractivity contribution >= 4 is 27.5 Å². The number of fused-ring (bicyclic) bond motifs is 1. The Morgan fingerprint density at radius 3 is 2.28 bits per heavy atom. The first-order valence-corrected chi connectivity index (χ1v) is 16.1. The Hall–Kier alpha value is -3.40. The molecule has 2 fully saturated rings. The number of halogens is 2. The molecule has 2 aromatic carbocycles. The molecule has 4 aromatic rings. The van der Waals surface area contributed by atoms with Crippen molar-refractivity contribution in [2.24, 2.45) is 0 Å². The number of nitrogens with zero attached hydrogens (tertiary/aromatic N) is 3. The molecule has 2 aliphatic rings. The minimum atomic E-state index is -0.738. The van der Waals surface area contributed by atoms with Gasteiger partial charge in [-0.2, -0.15) is 0 Å². The van der Waals surface area contributed by atoms with Crippen LogP contribution in [0.3, 0.4) is 0 Å². The van der Waals surface area contributed by atoms with Gasteiger partial charge < -0.3 is 14.2 Å². The molecule has 0 radical (unpaired) electrons. The lowest BCUT2D eigenvalue weighted by Gasteiger charge is -2.40. The van der Waals surface area contributed by atoms with Crippen LogP contribution in [-0.4, -0.2) is 59.2 Å². The number of hydrogen-bond donors (Lipinski definition) is 0. The van der Waals surface area contributed by atoms with Crippen molar-refractivity contribution in [2.75, 3.05) is 32.8 Å². The fourth-order valence-electron chi connectivity index (χ4n) is 6.54. The summed E-state index contributed by atoms with van der Waals surface area (Å²) in [7, 11) is 0. The van der Waals surface area contributed by atoms with Crippen molar-refractivity contribution < 1.29 is 18.3 Å². The van der Waals surface area contributed by atoms with Gasteiger partial charge in [-0.25, -0.2) is 13.6 Å². The van der Waals surface area contributed by atoms with Gasteiger partial charge in [0.2, 0.25) is 5.43 Å². The van der Waals surface area contributed by atoms with Crippen LogP contribution in [-0.2, 0) is 17.8 Å². The summed E-state index contributed by atoms with van der Waals surface area (Å²) in [4.78, 5) is 33.6. The maximum atomic E-state index is 14.8. The van der Waals surface area contributed by atoms with Gasteiger partial charge in [0.05, 0.1) is 18.5 Å². The number of rotatable bonds is 8. The topological polar surface area (TPSA) is 54.8 Å². The molecule has 6 nitrogen and oxygen atoms in total. The number of carbonyl (C=O) groups excluding carboxylic acids is 1. The predicted molar refractivity (Wildman–Crippen MR) is 167 cm³/mol. The van der Waals surface area contributed by atoms with E-state index in [-0.39, 0.29) is 24.3 Å². The number of esters is 1. The molecule has 0 atom stereocenters. The zero-order chi connectivity index (χ0) is 29.9. The van der Waals surface area contributed by atoms with E-state index in [0.29, 0.717) is 22.8 Å². The predicted octanol–water partition coefficient (Wildman–Crippen LogP) is 6.68. The Balaban J connectivity index is 1.45. The van der Waals surface area contributed by atoms with Gasteiger partial charge in [-0.05, 0) is 82.0 Å². The van der Waals surface area contributed by atoms with Crippen LogP contribution in [0.4, 0.5) is 8.78 Å². The largest absolute Gasteiger partial charge is 0.462 e. The maximum Gasteiger partial charge on any atom is 0.343 e. The normalized spacial score (nSPS) is 17.0. The molecule has 0 N–H and O–H groups in total. The van der Waals surface area contributed by atoms with Crippen LogP contribution in [0.5, 0.6) is 0 Å². The lowest BCUT2D eigenvalue weighted by Crippen LogP contribution is -2.46. The number of benzene rings is 2. The highest BCUT2D eigenvalue weighted by atomic mass is 32.1. The first-order chi connectivity index (χ1) is 20.9. The molecule has 0 unspecified atom stereocenters. The average molecular weight is 606 g/mol. The molecule has 43 heavy (non-hydrogen) atoms. The van der Waals surface area contributed by atoms with Gasteiger partial charge in [0.15, 0.2) is 0 Å². The van der Waals surface area contributed by atoms with E-state index in [1.165, 1.54) is 68.1 Å². The van der Waals surface area contributed by atoms with Crippen molar-refractivity contribution in [2.45, 2.75) is 58.2 Å². The van der Waals surface area contributed by atoms with E-state index in [2.05, 4.69) is 9.80 Å². The van der Waals surface area contributed by atoms with Crippen LogP contribution in [0.2, 0.25) is 0 Å². The molecule has 226 valence electrons. The van der Waals surface area contributed by atoms with Gasteiger partial charge in [0.1, 0.15) is 22.0 Å². The molecule has 0 bridgehead atoms. The van der Waals surface area contributed by atoms with Gasteiger partial charge in [0.25, 0.3) is 0 Å². The summed E-state index contributed by atoms with van der Waals surface area (Å²) >= 11 is 1.43. The van der Waals surface area contributed by atoms with Crippen molar-refractivity contribution in [1.29, 1.82) is 0 Å². The molecule has 2 aromatic heterocycles. The molecule has 4 heterocycles. The van der Waals surface area contributed by atoms with Crippen LogP contribution in [0.25, 0.3) is 20.7 Å². The summed E-state index contributed by atoms with van der Waals surface area (Å²) in [5.74, 6) is -2.10. The standard InChI is InChI=1S/C34H37F2N3O3S/c1-2-42-34(41)27-22-39(21-25-28(35)12-9-13-29(25)36)33-30(31(27)40)26(32(43-33)23-10-5-3-6-11-23)20-37-18-14-24(15-19-37)38-16-7-4-8-17-38/h3,5-6,9-13,22,24H,2,4,7-8,14-21H2,1H3. The Morgan fingerprint density at radius 1 is 0.907 bits per heavy atom. The smallest absolute Gasteiger partial charge is 0.343 e. The average Bonchev–Trinajstić information content (AvgIpc) is 3.41. The van der Waals surface area contributed by atoms with E-state index in [9.17, 15) is 18.4 Å². The molecule has 9 heteroatoms. The second kappa shape index (κ2) is 13.1. The molecule has 0 saturated carbocycles. The van der Waals surface area contributed by atoms with Gasteiger partial charge in [0, 0.05) is 29.2 Å². The maximum absolute atomic E-state index is 14.8. The number of likely N-dealkylation sites (tertiary alicyclic amines) is 2. The minimum absolute atomic E-state index is 0.107. The molecule has 2 aliphatic heterocycles. The van der Waals surface area contributed by atoms with E-state index in [4.69, 9.17) is 4.74 Å². The number of ether oxygens (including phenoxy) is 1. The monoisotopic (exact) mass is 605 g/mol. The lowest BCUT2D eigenvalue weighted by atomic mass is 9.98. The fraction of sp³-hybridized carbons (Fsp3) is 0.412. The SMILES string of the molecule is CCOC(=O)c1cn(Cc2c(F)cccc2F)c2sc(-c3ccccc3)c(CN3CCC(N4CCCCC4)CC3)c2c1=O. The Labute approximate surface area is 254 Å². The quantitative estimate of drug-likeness (QED) is 0.210. The first-order valence-electron chi connectivity index (χ1n) is 15.2. The van der Waals surface area contributed by atoms with E-state index in [0.717, 1.165) is 41.9 Å². The number of carbonyl (C=O) groups is 1. The van der Waals surface area contributed by atoms with Crippen molar-refractivity contribution in [1.82, 2.24) is 14.4 Å². The minimum Gasteiger partial charge on any atom is -0.462 e. The Bertz CT molecular complexity index is 1630. The van der Waals surface area contributed by atoms with Crippen LogP contribution >= 0.6 is 11.3 Å². The summed E-state index contributed by atoms with van der Waals surface area (Å²) in [6.45, 7) is 6.35. The van der Waals surface area contributed by atoms with Crippen LogP contribution in [0, 0.1) is 11.6 Å². The third-order valence-corrected chi connectivity index (χ3v) is 10.1. The van der Waals surface area contributed by atoms with Crippen molar-refractivity contribution in [3.8, 4) is 10.4 Å². The summed E-state index contributed by atoms with van der Waals surface area (Å²) in [5, 5.41) is 0.421. The summed E-state index contributed by atoms with van der Waals surface area (Å²) in [6, 6.07) is 14.2. The number of piperidine rings is 2. The van der Waals surface area contributed by atoms with Crippen LogP contribution in [0.15, 0.2) is 59.5 Å². The third-order valence-electron chi connectivity index (χ3n) is 8.77. The van der Waals surface area contributed by atoms with Gasteiger partial charge >= 0.3 is 5.97 Å². The number of hydrogen-bond acceptors (Lipinski definition) is 6. The molecule has 0 spiro atoms. The molecule has 6 rings (SSSR count). The van der Waals surface area contributed by atoms with E-state index < -0.39 is 23.0 Å². The van der Waals surface area contributed by atoms with Gasteiger partial charge in [-0.1, -0.05) is 42.8 Å². The Morgan fingerprint density at radius 2 is 1.60 bits per heavy atom. The zero-order valence-electron chi connectivity index (χ0n) is 24.5. The number of aromatic nitrogens is 1. The second-order valence-electron chi connectivity index (χ2n) is 11.5. The van der Waals surface area contributed by atoms with Crippen molar-refractivity contribution in [3.05, 3.63) is 93.3 Å². The zero-order valence-corrected chi connectivity index (χ0v) is 25.3. The Kier molecular flexibility index (Phi) is 9.02. The first kappa shape index (κ1) is 29.7. The highest BCUT2D eigenvalue weighted by molar-refractivity contribution is 7.22. The van der Waals surface area contributed by atoms with Crippen LogP contribution < -0.4 is 5.43 Å². The lowest BCUT2D eigenvalue weighted by molar-refractivity contribution is 0.0524. The molecular weight excluding hydrogens is 568 g/mol. The fourth-order valence-corrected chi connectivity index (χ4v) is 7.83. The van der Waals surface area contributed by atoms with E-state index >= 15 is 0 Å². The third kappa shape index (κ3) is 6.16. The van der Waals surface area contributed by atoms with Gasteiger partial charge in [-0.15, -0.1) is 11.3 Å². The summed E-state index contributed by atoms with van der Waals surface area (Å²) < 4.78 is 36.5.